The van der Waals surface area contributed by atoms with E-state index in [0.29, 0.717) is 11.7 Å². The lowest BCUT2D eigenvalue weighted by Crippen LogP contribution is -2.43. The van der Waals surface area contributed by atoms with Gasteiger partial charge in [-0.2, -0.15) is 5.10 Å². The molecule has 0 saturated heterocycles. The van der Waals surface area contributed by atoms with Gasteiger partial charge in [0, 0.05) is 51.2 Å². The van der Waals surface area contributed by atoms with Crippen LogP contribution in [-0.2, 0) is 0 Å². The summed E-state index contributed by atoms with van der Waals surface area (Å²) in [6.07, 6.45) is 19.2. The Morgan fingerprint density at radius 3 is 2.39 bits per heavy atom. The summed E-state index contributed by atoms with van der Waals surface area (Å²) in [6.45, 7) is 2.26. The number of anilines is 1. The maximum Gasteiger partial charge on any atom is 0.180 e. The summed E-state index contributed by atoms with van der Waals surface area (Å²) in [7, 11) is 0. The Labute approximate surface area is 353 Å². The first-order chi connectivity index (χ1) is 30.0. The van der Waals surface area contributed by atoms with Crippen molar-refractivity contribution in [1.29, 1.82) is 0 Å². The molecule has 3 atom stereocenters. The number of hydrogen-bond acceptors (Lipinski definition) is 6. The van der Waals surface area contributed by atoms with E-state index in [1.807, 2.05) is 67.0 Å². The Hall–Kier alpha value is -7.71. The highest BCUT2D eigenvalue weighted by Crippen LogP contribution is 2.45. The van der Waals surface area contributed by atoms with Crippen LogP contribution in [0.5, 0.6) is 0 Å². The lowest BCUT2D eigenvalue weighted by Gasteiger charge is -2.42. The number of hydrogen-bond donors (Lipinski definition) is 3. The second-order valence-electron chi connectivity index (χ2n) is 16.1. The summed E-state index contributed by atoms with van der Waals surface area (Å²) in [4.78, 5) is 19.7. The highest BCUT2D eigenvalue weighted by molar-refractivity contribution is 6.17. The Morgan fingerprint density at radius 2 is 1.52 bits per heavy atom. The average molecular weight is 791 g/mol. The maximum atomic E-state index is 6.99. The molecule has 0 amide bonds. The highest BCUT2D eigenvalue weighted by Gasteiger charge is 2.38. The smallest absolute Gasteiger partial charge is 0.180 e. The molecule has 3 aliphatic rings. The number of aliphatic imine (C=N–C) groups is 1. The highest BCUT2D eigenvalue weighted by atomic mass is 15.3. The van der Waals surface area contributed by atoms with E-state index in [1.54, 1.807) is 0 Å². The minimum absolute atomic E-state index is 0.0494. The molecule has 2 aliphatic carbocycles. The van der Waals surface area contributed by atoms with Crippen molar-refractivity contribution in [3.63, 3.8) is 0 Å². The first-order valence-electron chi connectivity index (χ1n) is 20.9. The molecule has 0 bridgehead atoms. The van der Waals surface area contributed by atoms with E-state index in [4.69, 9.17) is 25.8 Å². The van der Waals surface area contributed by atoms with Crippen LogP contribution in [0.2, 0.25) is 0 Å². The number of pyridine rings is 3. The number of nitrogens with two attached hydrogens (primary N) is 1. The fourth-order valence-corrected chi connectivity index (χ4v) is 9.35. The summed E-state index contributed by atoms with van der Waals surface area (Å²) >= 11 is 0. The molecular formula is C53H42N8. The van der Waals surface area contributed by atoms with Crippen LogP contribution in [0.15, 0.2) is 191 Å². The predicted molar refractivity (Wildman–Crippen MR) is 251 cm³/mol. The summed E-state index contributed by atoms with van der Waals surface area (Å²) in [5, 5.41) is 14.2. The standard InChI is InChI=1S/C53H42N8/c1-53(30-29-36-26-24-34-14-10-32-56-48(34)50(36)59-53)44-21-7-19-42-40(44)17-8-22-46(42)60-61-52(37-11-3-2-4-12-37)58-51(54)43-20-6-15-38-39(43)16-5-18-41(38)45-28-27-35-25-23-33-13-9-31-55-47(33)49(35)57-45/h2-6,8-18,20-32,42,46,59-60H,7,19H2,1H3,(H2,54,58,61). The minimum Gasteiger partial charge on any atom is -0.383 e. The molecule has 8 aromatic rings. The summed E-state index contributed by atoms with van der Waals surface area (Å²) in [5.74, 6) is 1.10. The van der Waals surface area contributed by atoms with Crippen molar-refractivity contribution in [2.24, 2.45) is 21.7 Å². The molecule has 61 heavy (non-hydrogen) atoms. The largest absolute Gasteiger partial charge is 0.383 e. The quantitative estimate of drug-likeness (QED) is 0.0669. The van der Waals surface area contributed by atoms with E-state index in [2.05, 4.69) is 132 Å². The number of nitrogens with zero attached hydrogens (tertiary/aromatic N) is 5. The van der Waals surface area contributed by atoms with Gasteiger partial charge in [0.1, 0.15) is 5.84 Å². The number of benzene rings is 5. The summed E-state index contributed by atoms with van der Waals surface area (Å²) in [5.41, 5.74) is 21.3. The van der Waals surface area contributed by atoms with Crippen LogP contribution >= 0.6 is 0 Å². The van der Waals surface area contributed by atoms with Gasteiger partial charge in [0.25, 0.3) is 0 Å². The fourth-order valence-electron chi connectivity index (χ4n) is 9.35. The molecule has 0 fully saturated rings. The van der Waals surface area contributed by atoms with Gasteiger partial charge in [-0.05, 0) is 65.4 Å². The number of allylic oxidation sites excluding steroid dienone is 3. The Morgan fingerprint density at radius 1 is 0.770 bits per heavy atom. The summed E-state index contributed by atoms with van der Waals surface area (Å²) in [6, 6.07) is 43.2. The third-order valence-corrected chi connectivity index (χ3v) is 12.4. The minimum atomic E-state index is -0.412. The number of nitrogens with one attached hydrogen (secondary N) is 2. The third-order valence-electron chi connectivity index (χ3n) is 12.4. The van der Waals surface area contributed by atoms with E-state index in [-0.39, 0.29) is 12.0 Å². The second-order valence-corrected chi connectivity index (χ2v) is 16.1. The second kappa shape index (κ2) is 14.8. The van der Waals surface area contributed by atoms with Crippen LogP contribution in [-0.4, -0.2) is 38.2 Å². The predicted octanol–water partition coefficient (Wildman–Crippen LogP) is 10.9. The van der Waals surface area contributed by atoms with Crippen LogP contribution in [0.4, 0.5) is 5.69 Å². The molecule has 3 aromatic heterocycles. The number of fused-ring (bicyclic) bond motifs is 8. The van der Waals surface area contributed by atoms with Gasteiger partial charge < -0.3 is 16.5 Å². The van der Waals surface area contributed by atoms with Crippen LogP contribution in [0.1, 0.15) is 36.5 Å². The van der Waals surface area contributed by atoms with Gasteiger partial charge in [0.2, 0.25) is 0 Å². The zero-order valence-electron chi connectivity index (χ0n) is 33.6. The monoisotopic (exact) mass is 790 g/mol. The van der Waals surface area contributed by atoms with Gasteiger partial charge in [0.15, 0.2) is 5.84 Å². The van der Waals surface area contributed by atoms with Crippen LogP contribution in [0, 0.1) is 5.92 Å². The van der Waals surface area contributed by atoms with Crippen molar-refractivity contribution in [2.45, 2.75) is 31.3 Å². The molecule has 0 saturated carbocycles. The van der Waals surface area contributed by atoms with Gasteiger partial charge in [0.05, 0.1) is 39.5 Å². The zero-order valence-corrected chi connectivity index (χ0v) is 33.6. The Bertz CT molecular complexity index is 3250. The van der Waals surface area contributed by atoms with Crippen molar-refractivity contribution in [1.82, 2.24) is 20.4 Å². The topological polar surface area (TPSA) is 113 Å². The van der Waals surface area contributed by atoms with Crippen molar-refractivity contribution in [3.8, 4) is 11.3 Å². The number of aromatic nitrogens is 3. The van der Waals surface area contributed by atoms with Crippen LogP contribution in [0.25, 0.3) is 60.8 Å². The maximum absolute atomic E-state index is 6.99. The molecular weight excluding hydrogens is 749 g/mol. The molecule has 0 spiro atoms. The molecule has 3 unspecified atom stereocenters. The average Bonchev–Trinajstić information content (AvgIpc) is 3.32. The zero-order chi connectivity index (χ0) is 40.9. The number of hydrazone groups is 1. The molecule has 8 nitrogen and oxygen atoms in total. The van der Waals surface area contributed by atoms with E-state index in [9.17, 15) is 0 Å². The van der Waals surface area contributed by atoms with E-state index in [0.717, 1.165) is 90.0 Å². The molecule has 8 heteroatoms. The van der Waals surface area contributed by atoms with Crippen molar-refractivity contribution in [3.05, 3.63) is 198 Å². The van der Waals surface area contributed by atoms with E-state index >= 15 is 0 Å². The fraction of sp³-hybridized carbons (Fsp3) is 0.113. The lowest BCUT2D eigenvalue weighted by molar-refractivity contribution is 0.423. The first-order valence-corrected chi connectivity index (χ1v) is 20.9. The molecule has 0 radical (unpaired) electrons. The SMILES string of the molecule is CC1(C2=CCCC3C2=CC=CC3N/N=C(\N=C(N)c2cccc3c(-c4ccc5ccc6cccnc6c5n4)cccc23)c2ccccc2)C=Cc2ccc3cccnc3c2N1. The number of amidine groups is 2. The van der Waals surface area contributed by atoms with Gasteiger partial charge >= 0.3 is 0 Å². The van der Waals surface area contributed by atoms with Gasteiger partial charge in [-0.3, -0.25) is 9.97 Å². The molecule has 1 aliphatic heterocycles. The third kappa shape index (κ3) is 6.44. The van der Waals surface area contributed by atoms with Gasteiger partial charge in [-0.1, -0.05) is 146 Å². The van der Waals surface area contributed by atoms with Crippen molar-refractivity contribution < 1.29 is 0 Å². The van der Waals surface area contributed by atoms with Gasteiger partial charge in [-0.15, -0.1) is 0 Å². The normalized spacial score (nSPS) is 20.0. The van der Waals surface area contributed by atoms with Crippen molar-refractivity contribution in [2.75, 3.05) is 5.32 Å². The molecule has 4 N–H and O–H groups in total. The first kappa shape index (κ1) is 36.4. The molecule has 11 rings (SSSR count). The van der Waals surface area contributed by atoms with E-state index in [1.165, 1.54) is 11.1 Å². The lowest BCUT2D eigenvalue weighted by atomic mass is 9.70. The molecule has 294 valence electrons. The Balaban J connectivity index is 0.908. The molecule has 5 aromatic carbocycles. The van der Waals surface area contributed by atoms with Crippen LogP contribution in [0.3, 0.4) is 0 Å². The number of rotatable bonds is 6. The van der Waals surface area contributed by atoms with E-state index < -0.39 is 5.54 Å². The van der Waals surface area contributed by atoms with Crippen LogP contribution < -0.4 is 16.5 Å². The van der Waals surface area contributed by atoms with Gasteiger partial charge in [-0.25, -0.2) is 9.98 Å². The molecule has 4 heterocycles. The summed E-state index contributed by atoms with van der Waals surface area (Å²) < 4.78 is 0. The van der Waals surface area contributed by atoms with Crippen molar-refractivity contribution >= 4 is 66.9 Å². The Kier molecular flexibility index (Phi) is 8.85.